The molecule has 1 aliphatic heterocycles. The number of carbonyl (C=O) groups is 2. The Hall–Kier alpha value is -2.72. The highest BCUT2D eigenvalue weighted by Crippen LogP contribution is 2.30. The summed E-state index contributed by atoms with van der Waals surface area (Å²) in [5.41, 5.74) is -0.142. The fourth-order valence-electron chi connectivity index (χ4n) is 3.36. The molecule has 1 heterocycles. The zero-order chi connectivity index (χ0) is 22.8. The Kier molecular flexibility index (Phi) is 6.51. The van der Waals surface area contributed by atoms with Crippen molar-refractivity contribution < 1.29 is 31.2 Å². The molecule has 0 unspecified atom stereocenters. The zero-order valence-electron chi connectivity index (χ0n) is 16.6. The third kappa shape index (κ3) is 5.31. The molecule has 2 aromatic rings. The number of piperidine rings is 1. The van der Waals surface area contributed by atoms with Crippen LogP contribution >= 0.6 is 0 Å². The Morgan fingerprint density at radius 3 is 2.00 bits per heavy atom. The minimum absolute atomic E-state index is 0.0742. The normalized spacial score (nSPS) is 16.1. The molecule has 0 bridgehead atoms. The number of nitrogens with zero attached hydrogens (tertiary/aromatic N) is 1. The predicted octanol–water partition coefficient (Wildman–Crippen LogP) is 3.95. The van der Waals surface area contributed by atoms with Crippen LogP contribution in [0.4, 0.5) is 18.9 Å². The highest BCUT2D eigenvalue weighted by molar-refractivity contribution is 7.89. The number of amides is 1. The molecule has 6 nitrogen and oxygen atoms in total. The molecule has 0 saturated carbocycles. The summed E-state index contributed by atoms with van der Waals surface area (Å²) in [6.07, 6.45) is -3.87. The van der Waals surface area contributed by atoms with Crippen LogP contribution in [0.3, 0.4) is 0 Å². The van der Waals surface area contributed by atoms with E-state index in [2.05, 4.69) is 5.32 Å². The molecule has 10 heteroatoms. The molecule has 1 saturated heterocycles. The molecule has 1 N–H and O–H groups in total. The van der Waals surface area contributed by atoms with Crippen molar-refractivity contribution in [2.45, 2.75) is 30.8 Å². The molecule has 1 aliphatic rings. The van der Waals surface area contributed by atoms with Gasteiger partial charge in [-0.05, 0) is 56.2 Å². The van der Waals surface area contributed by atoms with Crippen LogP contribution in [0.5, 0.6) is 0 Å². The van der Waals surface area contributed by atoms with Gasteiger partial charge < -0.3 is 5.32 Å². The summed E-state index contributed by atoms with van der Waals surface area (Å²) in [6.45, 7) is 1.67. The molecule has 166 valence electrons. The van der Waals surface area contributed by atoms with Gasteiger partial charge in [-0.1, -0.05) is 12.1 Å². The van der Waals surface area contributed by atoms with E-state index >= 15 is 0 Å². The second-order valence-electron chi connectivity index (χ2n) is 7.32. The summed E-state index contributed by atoms with van der Waals surface area (Å²) >= 11 is 0. The highest BCUT2D eigenvalue weighted by Gasteiger charge is 2.33. The van der Waals surface area contributed by atoms with Crippen molar-refractivity contribution in [3.05, 3.63) is 59.7 Å². The van der Waals surface area contributed by atoms with Crippen molar-refractivity contribution in [3.8, 4) is 0 Å². The number of anilines is 1. The van der Waals surface area contributed by atoms with Gasteiger partial charge in [0.05, 0.1) is 10.5 Å². The molecule has 0 aliphatic carbocycles. The first-order chi connectivity index (χ1) is 14.5. The number of alkyl halides is 3. The summed E-state index contributed by atoms with van der Waals surface area (Å²) in [6, 6.07) is 9.84. The number of sulfonamides is 1. The number of rotatable bonds is 5. The van der Waals surface area contributed by atoms with Crippen molar-refractivity contribution in [2.24, 2.45) is 5.92 Å². The highest BCUT2D eigenvalue weighted by atomic mass is 32.2. The maximum absolute atomic E-state index is 12.8. The number of benzene rings is 2. The molecule has 0 aromatic heterocycles. The molecule has 3 rings (SSSR count). The van der Waals surface area contributed by atoms with Gasteiger partial charge in [-0.2, -0.15) is 17.5 Å². The molecule has 1 fully saturated rings. The van der Waals surface area contributed by atoms with Gasteiger partial charge in [0.15, 0.2) is 5.78 Å². The molecule has 0 atom stereocenters. The van der Waals surface area contributed by atoms with E-state index in [-0.39, 0.29) is 48.2 Å². The van der Waals surface area contributed by atoms with Gasteiger partial charge in [0.25, 0.3) is 0 Å². The lowest BCUT2D eigenvalue weighted by molar-refractivity contribution is -0.137. The maximum Gasteiger partial charge on any atom is 0.416 e. The first kappa shape index (κ1) is 23.0. The Bertz CT molecular complexity index is 1060. The van der Waals surface area contributed by atoms with E-state index in [1.807, 2.05) is 0 Å². The molecule has 31 heavy (non-hydrogen) atoms. The molecular weight excluding hydrogens is 433 g/mol. The molecule has 2 aromatic carbocycles. The second-order valence-corrected chi connectivity index (χ2v) is 9.26. The van der Waals surface area contributed by atoms with E-state index in [9.17, 15) is 31.2 Å². The van der Waals surface area contributed by atoms with Crippen molar-refractivity contribution >= 4 is 27.4 Å². The summed E-state index contributed by atoms with van der Waals surface area (Å²) in [5.74, 6) is -0.972. The Balaban J connectivity index is 1.59. The molecule has 0 radical (unpaired) electrons. The van der Waals surface area contributed by atoms with E-state index in [0.717, 1.165) is 12.1 Å². The number of carbonyl (C=O) groups excluding carboxylic acids is 2. The van der Waals surface area contributed by atoms with Gasteiger partial charge in [-0.3, -0.25) is 9.59 Å². The summed E-state index contributed by atoms with van der Waals surface area (Å²) < 4.78 is 64.8. The van der Waals surface area contributed by atoms with Gasteiger partial charge in [-0.15, -0.1) is 0 Å². The average molecular weight is 454 g/mol. The lowest BCUT2D eigenvalue weighted by Gasteiger charge is -2.30. The van der Waals surface area contributed by atoms with Crippen molar-refractivity contribution in [1.82, 2.24) is 4.31 Å². The predicted molar refractivity (Wildman–Crippen MR) is 108 cm³/mol. The van der Waals surface area contributed by atoms with Crippen molar-refractivity contribution in [1.29, 1.82) is 0 Å². The SMILES string of the molecule is CC(=O)c1ccc(S(=O)(=O)N2CCC(C(=O)Nc3ccc(C(F)(F)F)cc3)CC2)cc1. The summed E-state index contributed by atoms with van der Waals surface area (Å²) in [4.78, 5) is 23.9. The lowest BCUT2D eigenvalue weighted by Crippen LogP contribution is -2.41. The van der Waals surface area contributed by atoms with Crippen LogP contribution in [-0.2, 0) is 21.0 Å². The second kappa shape index (κ2) is 8.80. The molecule has 1 amide bonds. The third-order valence-corrected chi connectivity index (χ3v) is 7.12. The van der Waals surface area contributed by atoms with Crippen LogP contribution in [-0.4, -0.2) is 37.5 Å². The van der Waals surface area contributed by atoms with E-state index in [4.69, 9.17) is 0 Å². The van der Waals surface area contributed by atoms with Crippen LogP contribution in [0.1, 0.15) is 35.7 Å². The first-order valence-corrected chi connectivity index (χ1v) is 11.0. The number of ketones is 1. The van der Waals surface area contributed by atoms with Crippen LogP contribution in [0, 0.1) is 5.92 Å². The Morgan fingerprint density at radius 1 is 0.968 bits per heavy atom. The minimum atomic E-state index is -4.45. The maximum atomic E-state index is 12.8. The van der Waals surface area contributed by atoms with Crippen LogP contribution in [0.2, 0.25) is 0 Å². The summed E-state index contributed by atoms with van der Waals surface area (Å²) in [7, 11) is -3.75. The number of hydrogen-bond acceptors (Lipinski definition) is 4. The Morgan fingerprint density at radius 2 is 1.52 bits per heavy atom. The smallest absolute Gasteiger partial charge is 0.326 e. The van der Waals surface area contributed by atoms with Crippen LogP contribution in [0.25, 0.3) is 0 Å². The molecule has 0 spiro atoms. The van der Waals surface area contributed by atoms with Gasteiger partial charge >= 0.3 is 6.18 Å². The van der Waals surface area contributed by atoms with Gasteiger partial charge in [-0.25, -0.2) is 8.42 Å². The van der Waals surface area contributed by atoms with Gasteiger partial charge in [0.2, 0.25) is 15.9 Å². The van der Waals surface area contributed by atoms with E-state index in [1.165, 1.54) is 47.6 Å². The Labute approximate surface area is 178 Å². The fourth-order valence-corrected chi connectivity index (χ4v) is 4.83. The first-order valence-electron chi connectivity index (χ1n) is 9.58. The number of nitrogens with one attached hydrogen (secondary N) is 1. The van der Waals surface area contributed by atoms with Gasteiger partial charge in [0.1, 0.15) is 0 Å². The van der Waals surface area contributed by atoms with E-state index in [1.54, 1.807) is 0 Å². The largest absolute Gasteiger partial charge is 0.416 e. The number of hydrogen-bond donors (Lipinski definition) is 1. The fraction of sp³-hybridized carbons (Fsp3) is 0.333. The molecular formula is C21H21F3N2O4S. The third-order valence-electron chi connectivity index (χ3n) is 5.20. The minimum Gasteiger partial charge on any atom is -0.326 e. The van der Waals surface area contributed by atoms with E-state index < -0.39 is 27.7 Å². The summed E-state index contributed by atoms with van der Waals surface area (Å²) in [5, 5.41) is 2.59. The van der Waals surface area contributed by atoms with Gasteiger partial charge in [0, 0.05) is 30.3 Å². The quantitative estimate of drug-likeness (QED) is 0.694. The monoisotopic (exact) mass is 454 g/mol. The average Bonchev–Trinajstić information content (AvgIpc) is 2.73. The van der Waals surface area contributed by atoms with Crippen LogP contribution in [0.15, 0.2) is 53.4 Å². The number of halogens is 3. The zero-order valence-corrected chi connectivity index (χ0v) is 17.5. The standard InChI is InChI=1S/C21H21F3N2O4S/c1-14(27)15-2-8-19(9-3-15)31(29,30)26-12-10-16(11-13-26)20(28)25-18-6-4-17(5-7-18)21(22,23)24/h2-9,16H,10-13H2,1H3,(H,25,28). The van der Waals surface area contributed by atoms with E-state index in [0.29, 0.717) is 5.56 Å². The topological polar surface area (TPSA) is 83.6 Å². The van der Waals surface area contributed by atoms with Crippen LogP contribution < -0.4 is 5.32 Å². The number of Topliss-reactive ketones (excluding diaryl/α,β-unsaturated/α-hetero) is 1. The van der Waals surface area contributed by atoms with Crippen molar-refractivity contribution in [2.75, 3.05) is 18.4 Å². The lowest BCUT2D eigenvalue weighted by atomic mass is 9.97. The van der Waals surface area contributed by atoms with Crippen molar-refractivity contribution in [3.63, 3.8) is 0 Å².